The lowest BCUT2D eigenvalue weighted by molar-refractivity contribution is -0.116. The summed E-state index contributed by atoms with van der Waals surface area (Å²) in [6.45, 7) is 3.81. The summed E-state index contributed by atoms with van der Waals surface area (Å²) in [5.74, 6) is 1.71. The van der Waals surface area contributed by atoms with E-state index in [1.807, 2.05) is 19.1 Å². The maximum atomic E-state index is 11.0. The van der Waals surface area contributed by atoms with E-state index in [4.69, 9.17) is 9.47 Å². The minimum Gasteiger partial charge on any atom is -0.454 e. The van der Waals surface area contributed by atoms with Crippen LogP contribution in [0.5, 0.6) is 11.5 Å². The van der Waals surface area contributed by atoms with Crippen molar-refractivity contribution < 1.29 is 14.3 Å². The van der Waals surface area contributed by atoms with Gasteiger partial charge < -0.3 is 9.47 Å². The van der Waals surface area contributed by atoms with Gasteiger partial charge in [0.25, 0.3) is 0 Å². The Kier molecular flexibility index (Phi) is 2.15. The van der Waals surface area contributed by atoms with Crippen molar-refractivity contribution in [3.8, 4) is 11.5 Å². The van der Waals surface area contributed by atoms with Gasteiger partial charge in [-0.1, -0.05) is 6.07 Å². The normalized spacial score (nSPS) is 13.0. The number of rotatable bonds is 2. The Morgan fingerprint density at radius 3 is 2.93 bits per heavy atom. The zero-order valence-corrected chi connectivity index (χ0v) is 8.29. The molecule has 1 aliphatic heterocycles. The SMILES string of the molecule is CC(=O)Cc1ccc2c(c1C)OCO2. The lowest BCUT2D eigenvalue weighted by Gasteiger charge is -2.06. The highest BCUT2D eigenvalue weighted by Crippen LogP contribution is 2.36. The van der Waals surface area contributed by atoms with Crippen LogP contribution < -0.4 is 9.47 Å². The molecule has 74 valence electrons. The molecule has 0 N–H and O–H groups in total. The number of Topliss-reactive ketones (excluding diaryl/α,β-unsaturated/α-hetero) is 1. The van der Waals surface area contributed by atoms with Gasteiger partial charge in [-0.2, -0.15) is 0 Å². The van der Waals surface area contributed by atoms with Crippen molar-refractivity contribution in [2.24, 2.45) is 0 Å². The minimum absolute atomic E-state index is 0.159. The highest BCUT2D eigenvalue weighted by molar-refractivity contribution is 5.79. The summed E-state index contributed by atoms with van der Waals surface area (Å²) in [6.07, 6.45) is 0.461. The van der Waals surface area contributed by atoms with Crippen LogP contribution in [0.4, 0.5) is 0 Å². The predicted octanol–water partition coefficient (Wildman–Crippen LogP) is 1.86. The summed E-state index contributed by atoms with van der Waals surface area (Å²) in [5.41, 5.74) is 2.02. The Morgan fingerprint density at radius 1 is 1.43 bits per heavy atom. The number of benzene rings is 1. The average molecular weight is 192 g/mol. The van der Waals surface area contributed by atoms with Crippen LogP contribution in [0.25, 0.3) is 0 Å². The fraction of sp³-hybridized carbons (Fsp3) is 0.364. The standard InChI is InChI=1S/C11H12O3/c1-7(12)5-9-3-4-10-11(8(9)2)14-6-13-10/h3-4H,5-6H2,1-2H3. The lowest BCUT2D eigenvalue weighted by atomic mass is 10.0. The molecule has 0 unspecified atom stereocenters. The highest BCUT2D eigenvalue weighted by Gasteiger charge is 2.18. The van der Waals surface area contributed by atoms with Gasteiger partial charge in [-0.15, -0.1) is 0 Å². The van der Waals surface area contributed by atoms with Crippen LogP contribution in [0.3, 0.4) is 0 Å². The highest BCUT2D eigenvalue weighted by atomic mass is 16.7. The molecule has 0 radical (unpaired) electrons. The third kappa shape index (κ3) is 1.45. The summed E-state index contributed by atoms with van der Waals surface area (Å²) in [6, 6.07) is 3.78. The molecule has 0 spiro atoms. The van der Waals surface area contributed by atoms with Crippen molar-refractivity contribution in [1.82, 2.24) is 0 Å². The van der Waals surface area contributed by atoms with Crippen LogP contribution in [0.1, 0.15) is 18.1 Å². The average Bonchev–Trinajstić information content (AvgIpc) is 2.57. The summed E-state index contributed by atoms with van der Waals surface area (Å²) in [7, 11) is 0. The Hall–Kier alpha value is -1.51. The Morgan fingerprint density at radius 2 is 2.21 bits per heavy atom. The number of fused-ring (bicyclic) bond motifs is 1. The van der Waals surface area contributed by atoms with Crippen molar-refractivity contribution in [1.29, 1.82) is 0 Å². The number of hydrogen-bond donors (Lipinski definition) is 0. The van der Waals surface area contributed by atoms with Gasteiger partial charge in [0.05, 0.1) is 0 Å². The molecule has 0 saturated carbocycles. The first-order valence-electron chi connectivity index (χ1n) is 4.56. The molecule has 3 heteroatoms. The van der Waals surface area contributed by atoms with Gasteiger partial charge in [0.1, 0.15) is 5.78 Å². The molecule has 14 heavy (non-hydrogen) atoms. The van der Waals surface area contributed by atoms with Crippen LogP contribution in [-0.4, -0.2) is 12.6 Å². The first kappa shape index (κ1) is 9.06. The molecule has 0 saturated heterocycles. The van der Waals surface area contributed by atoms with E-state index in [2.05, 4.69) is 0 Å². The molecule has 0 amide bonds. The monoisotopic (exact) mass is 192 g/mol. The van der Waals surface area contributed by atoms with E-state index in [1.54, 1.807) is 6.92 Å². The summed E-state index contributed by atoms with van der Waals surface area (Å²) >= 11 is 0. The van der Waals surface area contributed by atoms with E-state index < -0.39 is 0 Å². The second-order valence-electron chi connectivity index (χ2n) is 3.46. The molecule has 1 heterocycles. The van der Waals surface area contributed by atoms with Gasteiger partial charge in [0, 0.05) is 6.42 Å². The number of carbonyl (C=O) groups excluding carboxylic acids is 1. The number of ketones is 1. The fourth-order valence-electron chi connectivity index (χ4n) is 1.61. The summed E-state index contributed by atoms with van der Waals surface area (Å²) in [5, 5.41) is 0. The Bertz CT molecular complexity index is 382. The zero-order valence-electron chi connectivity index (χ0n) is 8.29. The van der Waals surface area contributed by atoms with Crippen molar-refractivity contribution in [2.45, 2.75) is 20.3 Å². The third-order valence-electron chi connectivity index (χ3n) is 2.34. The molecular weight excluding hydrogens is 180 g/mol. The van der Waals surface area contributed by atoms with Crippen molar-refractivity contribution in [3.05, 3.63) is 23.3 Å². The largest absolute Gasteiger partial charge is 0.454 e. The van der Waals surface area contributed by atoms with E-state index >= 15 is 0 Å². The number of carbonyl (C=O) groups is 1. The second kappa shape index (κ2) is 3.33. The third-order valence-corrected chi connectivity index (χ3v) is 2.34. The van der Waals surface area contributed by atoms with Gasteiger partial charge in [-0.25, -0.2) is 0 Å². The predicted molar refractivity (Wildman–Crippen MR) is 51.7 cm³/mol. The summed E-state index contributed by atoms with van der Waals surface area (Å²) < 4.78 is 10.6. The molecule has 3 nitrogen and oxygen atoms in total. The van der Waals surface area contributed by atoms with Gasteiger partial charge in [-0.3, -0.25) is 4.79 Å². The van der Waals surface area contributed by atoms with E-state index in [1.165, 1.54) is 0 Å². The maximum Gasteiger partial charge on any atom is 0.231 e. The first-order chi connectivity index (χ1) is 6.68. The van der Waals surface area contributed by atoms with Crippen LogP contribution in [0, 0.1) is 6.92 Å². The summed E-state index contributed by atoms with van der Waals surface area (Å²) in [4.78, 5) is 11.0. The molecule has 0 atom stereocenters. The van der Waals surface area contributed by atoms with Crippen LogP contribution in [-0.2, 0) is 11.2 Å². The molecular formula is C11H12O3. The molecule has 0 aliphatic carbocycles. The molecule has 1 aliphatic rings. The smallest absolute Gasteiger partial charge is 0.231 e. The van der Waals surface area contributed by atoms with Gasteiger partial charge >= 0.3 is 0 Å². The van der Waals surface area contributed by atoms with Crippen LogP contribution >= 0.6 is 0 Å². The molecule has 1 aromatic carbocycles. The number of ether oxygens (including phenoxy) is 2. The van der Waals surface area contributed by atoms with E-state index in [0.29, 0.717) is 6.42 Å². The maximum absolute atomic E-state index is 11.0. The number of hydrogen-bond acceptors (Lipinski definition) is 3. The molecule has 0 aromatic heterocycles. The Labute approximate surface area is 82.6 Å². The van der Waals surface area contributed by atoms with Gasteiger partial charge in [0.15, 0.2) is 11.5 Å². The fourth-order valence-corrected chi connectivity index (χ4v) is 1.61. The van der Waals surface area contributed by atoms with E-state index in [0.717, 1.165) is 22.6 Å². The van der Waals surface area contributed by atoms with Crippen molar-refractivity contribution >= 4 is 5.78 Å². The van der Waals surface area contributed by atoms with Crippen molar-refractivity contribution in [3.63, 3.8) is 0 Å². The molecule has 0 bridgehead atoms. The van der Waals surface area contributed by atoms with Gasteiger partial charge in [0.2, 0.25) is 6.79 Å². The first-order valence-corrected chi connectivity index (χ1v) is 4.56. The van der Waals surface area contributed by atoms with Crippen LogP contribution in [0.2, 0.25) is 0 Å². The van der Waals surface area contributed by atoms with Gasteiger partial charge in [-0.05, 0) is 31.0 Å². The topological polar surface area (TPSA) is 35.5 Å². The molecule has 0 fully saturated rings. The Balaban J connectivity index is 2.39. The molecule has 2 rings (SSSR count). The quantitative estimate of drug-likeness (QED) is 0.717. The lowest BCUT2D eigenvalue weighted by Crippen LogP contribution is -1.99. The zero-order chi connectivity index (χ0) is 10.1. The molecule has 1 aromatic rings. The van der Waals surface area contributed by atoms with E-state index in [9.17, 15) is 4.79 Å². The second-order valence-corrected chi connectivity index (χ2v) is 3.46. The van der Waals surface area contributed by atoms with Crippen molar-refractivity contribution in [2.75, 3.05) is 6.79 Å². The van der Waals surface area contributed by atoms with Crippen LogP contribution in [0.15, 0.2) is 12.1 Å². The minimum atomic E-state index is 0.159. The van der Waals surface area contributed by atoms with E-state index in [-0.39, 0.29) is 12.6 Å².